The molecule has 0 aliphatic carbocycles. The van der Waals surface area contributed by atoms with Gasteiger partial charge in [0.2, 0.25) is 0 Å². The van der Waals surface area contributed by atoms with Gasteiger partial charge in [0.25, 0.3) is 5.78 Å². The molecule has 2 heterocycles. The molecular weight excluding hydrogens is 228 g/mol. The monoisotopic (exact) mass is 235 g/mol. The van der Waals surface area contributed by atoms with Gasteiger partial charge in [0, 0.05) is 7.05 Å². The normalized spacial score (nSPS) is 11.2. The number of nitrogens with one attached hydrogen (secondary N) is 1. The van der Waals surface area contributed by atoms with E-state index in [-0.39, 0.29) is 11.2 Å². The first kappa shape index (κ1) is 9.88. The topological polar surface area (TPSA) is 55.1 Å². The molecule has 5 nitrogen and oxygen atoms in total. The van der Waals surface area contributed by atoms with E-state index >= 15 is 0 Å². The number of anilines is 1. The Labute approximate surface area is 94.1 Å². The highest BCUT2D eigenvalue weighted by atomic mass is 19.2. The Kier molecular flexibility index (Phi) is 1.94. The van der Waals surface area contributed by atoms with Crippen LogP contribution >= 0.6 is 0 Å². The van der Waals surface area contributed by atoms with Crippen molar-refractivity contribution in [1.29, 1.82) is 0 Å². The van der Waals surface area contributed by atoms with Gasteiger partial charge in [-0.1, -0.05) is 0 Å². The summed E-state index contributed by atoms with van der Waals surface area (Å²) in [5.41, 5.74) is 0.461. The maximum atomic E-state index is 13.8. The predicted octanol–water partition coefficient (Wildman–Crippen LogP) is 1.60. The summed E-state index contributed by atoms with van der Waals surface area (Å²) < 4.78 is 28.5. The zero-order valence-electron chi connectivity index (χ0n) is 8.78. The lowest BCUT2D eigenvalue weighted by Crippen LogP contribution is -2.01. The average molecular weight is 235 g/mol. The van der Waals surface area contributed by atoms with Gasteiger partial charge in [0.1, 0.15) is 12.1 Å². The number of aromatic nitrogens is 4. The zero-order valence-corrected chi connectivity index (χ0v) is 8.78. The summed E-state index contributed by atoms with van der Waals surface area (Å²) >= 11 is 0. The lowest BCUT2D eigenvalue weighted by molar-refractivity contribution is 0.516. The van der Waals surface area contributed by atoms with Crippen molar-refractivity contribution < 1.29 is 8.78 Å². The van der Waals surface area contributed by atoms with Gasteiger partial charge in [-0.2, -0.15) is 4.98 Å². The van der Waals surface area contributed by atoms with Crippen molar-refractivity contribution >= 4 is 22.5 Å². The van der Waals surface area contributed by atoms with Crippen molar-refractivity contribution in [3.8, 4) is 0 Å². The van der Waals surface area contributed by atoms with Crippen molar-refractivity contribution in [2.24, 2.45) is 0 Å². The molecule has 1 aromatic carbocycles. The van der Waals surface area contributed by atoms with Crippen LogP contribution in [0.5, 0.6) is 0 Å². The molecule has 0 aliphatic rings. The van der Waals surface area contributed by atoms with Crippen LogP contribution in [0.1, 0.15) is 0 Å². The van der Waals surface area contributed by atoms with E-state index in [1.165, 1.54) is 16.8 Å². The summed E-state index contributed by atoms with van der Waals surface area (Å²) in [7, 11) is 1.58. The number of nitrogens with zero attached hydrogens (tertiary/aromatic N) is 4. The average Bonchev–Trinajstić information content (AvgIpc) is 2.80. The van der Waals surface area contributed by atoms with Gasteiger partial charge in [-0.15, -0.1) is 10.2 Å². The van der Waals surface area contributed by atoms with E-state index in [1.54, 1.807) is 7.05 Å². The molecule has 17 heavy (non-hydrogen) atoms. The fourth-order valence-corrected chi connectivity index (χ4v) is 1.78. The van der Waals surface area contributed by atoms with Crippen molar-refractivity contribution in [3.63, 3.8) is 0 Å². The second-order valence-corrected chi connectivity index (χ2v) is 3.47. The molecule has 0 bridgehead atoms. The van der Waals surface area contributed by atoms with Crippen molar-refractivity contribution in [2.75, 3.05) is 12.4 Å². The van der Waals surface area contributed by atoms with Crippen LogP contribution in [0.3, 0.4) is 0 Å². The molecular formula is C10H7F2N5. The molecule has 0 amide bonds. The minimum atomic E-state index is -0.935. The Morgan fingerprint density at radius 2 is 2.12 bits per heavy atom. The molecule has 0 saturated carbocycles. The van der Waals surface area contributed by atoms with Gasteiger partial charge in [0.05, 0.1) is 10.9 Å². The van der Waals surface area contributed by atoms with E-state index in [4.69, 9.17) is 0 Å². The molecule has 86 valence electrons. The summed E-state index contributed by atoms with van der Waals surface area (Å²) in [6.07, 6.45) is 1.40. The molecule has 0 spiro atoms. The first-order chi connectivity index (χ1) is 8.22. The Morgan fingerprint density at radius 3 is 2.88 bits per heavy atom. The minimum Gasteiger partial charge on any atom is -0.372 e. The lowest BCUT2D eigenvalue weighted by atomic mass is 10.2. The third kappa shape index (κ3) is 1.25. The van der Waals surface area contributed by atoms with E-state index in [0.29, 0.717) is 11.3 Å². The van der Waals surface area contributed by atoms with Crippen LogP contribution in [0.2, 0.25) is 0 Å². The first-order valence-corrected chi connectivity index (χ1v) is 4.87. The molecule has 0 aliphatic heterocycles. The lowest BCUT2D eigenvalue weighted by Gasteiger charge is -2.07. The van der Waals surface area contributed by atoms with Crippen LogP contribution in [0, 0.1) is 11.6 Å². The van der Waals surface area contributed by atoms with Crippen LogP contribution in [-0.4, -0.2) is 26.6 Å². The molecule has 3 aromatic rings. The second kappa shape index (κ2) is 3.34. The maximum Gasteiger partial charge on any atom is 0.257 e. The Bertz CT molecular complexity index is 721. The van der Waals surface area contributed by atoms with Gasteiger partial charge >= 0.3 is 0 Å². The Balaban J connectivity index is 2.61. The second-order valence-electron chi connectivity index (χ2n) is 3.47. The van der Waals surface area contributed by atoms with E-state index in [1.807, 2.05) is 0 Å². The highest BCUT2D eigenvalue weighted by Gasteiger charge is 2.15. The predicted molar refractivity (Wildman–Crippen MR) is 57.8 cm³/mol. The zero-order chi connectivity index (χ0) is 12.0. The van der Waals surface area contributed by atoms with Crippen LogP contribution in [0.4, 0.5) is 14.6 Å². The van der Waals surface area contributed by atoms with E-state index in [0.717, 1.165) is 6.07 Å². The molecule has 0 unspecified atom stereocenters. The van der Waals surface area contributed by atoms with Crippen LogP contribution in [0.15, 0.2) is 18.5 Å². The third-order valence-corrected chi connectivity index (χ3v) is 2.55. The molecule has 3 rings (SSSR count). The van der Waals surface area contributed by atoms with Crippen molar-refractivity contribution in [1.82, 2.24) is 19.6 Å². The van der Waals surface area contributed by atoms with Crippen LogP contribution in [0.25, 0.3) is 16.7 Å². The molecule has 0 radical (unpaired) electrons. The number of hydrogen-bond acceptors (Lipinski definition) is 4. The minimum absolute atomic E-state index is 0.0831. The largest absolute Gasteiger partial charge is 0.372 e. The van der Waals surface area contributed by atoms with Crippen molar-refractivity contribution in [2.45, 2.75) is 0 Å². The summed E-state index contributed by atoms with van der Waals surface area (Å²) in [6, 6.07) is 2.53. The van der Waals surface area contributed by atoms with E-state index in [9.17, 15) is 8.78 Å². The number of fused-ring (bicyclic) bond motifs is 3. The number of hydrogen-bond donors (Lipinski definition) is 1. The van der Waals surface area contributed by atoms with E-state index < -0.39 is 11.6 Å². The standard InChI is InChI=1S/C10H7F2N5/c1-13-9-7-6(3-2-5(11)8(7)12)17-4-14-16-10(17)15-9/h2-4H,1H3,(H,13,15,16). The molecule has 0 fully saturated rings. The van der Waals surface area contributed by atoms with Crippen LogP contribution < -0.4 is 5.32 Å². The Morgan fingerprint density at radius 1 is 1.29 bits per heavy atom. The fraction of sp³-hybridized carbons (Fsp3) is 0.100. The SMILES string of the molecule is CNc1nc2nncn2c2ccc(F)c(F)c12. The summed E-state index contributed by atoms with van der Waals surface area (Å²) in [6.45, 7) is 0. The van der Waals surface area contributed by atoms with Gasteiger partial charge < -0.3 is 5.32 Å². The van der Waals surface area contributed by atoms with Gasteiger partial charge in [-0.05, 0) is 12.1 Å². The quantitative estimate of drug-likeness (QED) is 0.696. The maximum absolute atomic E-state index is 13.8. The third-order valence-electron chi connectivity index (χ3n) is 2.55. The van der Waals surface area contributed by atoms with Gasteiger partial charge in [0.15, 0.2) is 11.6 Å². The molecule has 7 heteroatoms. The molecule has 0 atom stereocenters. The summed E-state index contributed by atoms with van der Waals surface area (Å²) in [4.78, 5) is 4.06. The number of rotatable bonds is 1. The smallest absolute Gasteiger partial charge is 0.257 e. The fourth-order valence-electron chi connectivity index (χ4n) is 1.78. The number of benzene rings is 1. The van der Waals surface area contributed by atoms with Gasteiger partial charge in [-0.3, -0.25) is 4.40 Å². The number of halogens is 2. The first-order valence-electron chi connectivity index (χ1n) is 4.87. The van der Waals surface area contributed by atoms with E-state index in [2.05, 4.69) is 20.5 Å². The Hall–Kier alpha value is -2.31. The van der Waals surface area contributed by atoms with Crippen molar-refractivity contribution in [3.05, 3.63) is 30.1 Å². The van der Waals surface area contributed by atoms with Crippen LogP contribution in [-0.2, 0) is 0 Å². The van der Waals surface area contributed by atoms with Gasteiger partial charge in [-0.25, -0.2) is 8.78 Å². The highest BCUT2D eigenvalue weighted by Crippen LogP contribution is 2.26. The molecule has 2 aromatic heterocycles. The molecule has 0 saturated heterocycles. The summed E-state index contributed by atoms with van der Waals surface area (Å²) in [5.74, 6) is -1.29. The summed E-state index contributed by atoms with van der Waals surface area (Å²) in [5, 5.41) is 10.3. The molecule has 1 N–H and O–H groups in total. The highest BCUT2D eigenvalue weighted by molar-refractivity contribution is 5.91.